The molecule has 0 bridgehead atoms. The third-order valence-electron chi connectivity index (χ3n) is 9.66. The second-order valence-corrected chi connectivity index (χ2v) is 12.1. The molecular formula is C45H29NO. The molecule has 10 rings (SSSR count). The number of fused-ring (bicyclic) bond motifs is 8. The second kappa shape index (κ2) is 9.94. The normalized spacial score (nSPS) is 13.4. The highest BCUT2D eigenvalue weighted by molar-refractivity contribution is 6.30. The van der Waals surface area contributed by atoms with E-state index >= 15 is 0 Å². The molecule has 2 nitrogen and oxygen atoms in total. The zero-order valence-corrected chi connectivity index (χ0v) is 25.5. The van der Waals surface area contributed by atoms with Crippen LogP contribution in [-0.4, -0.2) is 4.57 Å². The van der Waals surface area contributed by atoms with Gasteiger partial charge in [0.15, 0.2) is 0 Å². The van der Waals surface area contributed by atoms with Gasteiger partial charge in [-0.2, -0.15) is 0 Å². The van der Waals surface area contributed by atoms with Crippen molar-refractivity contribution in [3.63, 3.8) is 0 Å². The van der Waals surface area contributed by atoms with Crippen LogP contribution in [0.2, 0.25) is 0 Å². The van der Waals surface area contributed by atoms with E-state index in [9.17, 15) is 0 Å². The number of rotatable bonds is 3. The topological polar surface area (TPSA) is 18.1 Å². The average molecular weight is 605 g/mol. The Kier molecular flexibility index (Phi) is 4.57. The van der Waals surface area contributed by atoms with Gasteiger partial charge in [0.1, 0.15) is 11.2 Å². The molecule has 0 aliphatic heterocycles. The van der Waals surface area contributed by atoms with Crippen LogP contribution in [0.3, 0.4) is 0 Å². The number of para-hydroxylation sites is 2. The number of benzene rings is 8. The van der Waals surface area contributed by atoms with E-state index in [1.807, 2.05) is 49.5 Å². The van der Waals surface area contributed by atoms with Gasteiger partial charge in [0, 0.05) is 50.8 Å². The summed E-state index contributed by atoms with van der Waals surface area (Å²) in [5.41, 5.74) is 8.33. The van der Waals surface area contributed by atoms with Crippen molar-refractivity contribution in [1.29, 1.82) is 0 Å². The van der Waals surface area contributed by atoms with E-state index in [0.717, 1.165) is 82.2 Å². The molecule has 0 aliphatic rings. The number of aryl methyl sites for hydroxylation is 1. The fourth-order valence-corrected chi connectivity index (χ4v) is 7.66. The van der Waals surface area contributed by atoms with Crippen molar-refractivity contribution in [3.8, 4) is 33.4 Å². The zero-order valence-electron chi connectivity index (χ0n) is 30.5. The van der Waals surface area contributed by atoms with Crippen LogP contribution in [0.4, 0.5) is 0 Å². The summed E-state index contributed by atoms with van der Waals surface area (Å²) in [5.74, 6) is 0. The molecule has 0 atom stereocenters. The Balaban J connectivity index is 1.40. The van der Waals surface area contributed by atoms with Crippen LogP contribution in [0.5, 0.6) is 0 Å². The van der Waals surface area contributed by atoms with E-state index in [0.29, 0.717) is 5.56 Å². The fourth-order valence-electron chi connectivity index (χ4n) is 7.66. The van der Waals surface area contributed by atoms with Crippen molar-refractivity contribution in [1.82, 2.24) is 4.57 Å². The highest BCUT2D eigenvalue weighted by atomic mass is 16.3. The van der Waals surface area contributed by atoms with Gasteiger partial charge in [-0.05, 0) is 56.4 Å². The number of aromatic nitrogens is 1. The van der Waals surface area contributed by atoms with E-state index in [1.165, 1.54) is 5.39 Å². The van der Waals surface area contributed by atoms with E-state index in [4.69, 9.17) is 11.3 Å². The first-order chi connectivity index (χ1) is 25.3. The lowest BCUT2D eigenvalue weighted by atomic mass is 9.86. The predicted molar refractivity (Wildman–Crippen MR) is 199 cm³/mol. The highest BCUT2D eigenvalue weighted by Gasteiger charge is 2.25. The van der Waals surface area contributed by atoms with Crippen molar-refractivity contribution >= 4 is 65.3 Å². The molecule has 0 aliphatic carbocycles. The summed E-state index contributed by atoms with van der Waals surface area (Å²) in [6.07, 6.45) is 0. The van der Waals surface area contributed by atoms with Crippen molar-refractivity contribution in [2.45, 2.75) is 0 Å². The maximum atomic E-state index is 8.93. The first-order valence-electron chi connectivity index (χ1n) is 18.3. The predicted octanol–water partition coefficient (Wildman–Crippen LogP) is 12.5. The molecular weight excluding hydrogens is 571 g/mol. The largest absolute Gasteiger partial charge is 0.455 e. The summed E-state index contributed by atoms with van der Waals surface area (Å²) in [4.78, 5) is 0. The molecule has 0 unspecified atom stereocenters. The van der Waals surface area contributed by atoms with Gasteiger partial charge in [0.2, 0.25) is 0 Å². The van der Waals surface area contributed by atoms with Gasteiger partial charge < -0.3 is 8.98 Å². The summed E-state index contributed by atoms with van der Waals surface area (Å²) in [5, 5.41) is 8.21. The molecule has 47 heavy (non-hydrogen) atoms. The Morgan fingerprint density at radius 2 is 1.19 bits per heavy atom. The smallest absolute Gasteiger partial charge is 0.144 e. The standard InChI is InChI=1S/C45H29NO/c1-46-38-21-11-9-19-35(38)42-32(29-14-3-2-4-15-29)25-26-37(44(42)46)41-34-18-8-7-17-33(34)40(31-24-23-28-13-5-6-16-30(28)27-31)45-43(41)36-20-10-12-22-39(36)47-45/h2-27H,1H3/i2D,3D,4D,14D,15D. The van der Waals surface area contributed by atoms with Crippen LogP contribution in [0.1, 0.15) is 6.85 Å². The van der Waals surface area contributed by atoms with Gasteiger partial charge >= 0.3 is 0 Å². The lowest BCUT2D eigenvalue weighted by Crippen LogP contribution is -1.94. The molecule has 2 heteroatoms. The quantitative estimate of drug-likeness (QED) is 0.196. The SMILES string of the molecule is [2H]c1c([2H])c([2H])c(-c2ccc(-c3c4ccccc4c(-c4ccc5ccccc5c4)c4oc5ccccc5c34)c3c2c2ccccc2n3C)c([2H])c1[2H]. The molecule has 0 saturated heterocycles. The number of furan rings is 1. The van der Waals surface area contributed by atoms with Crippen molar-refractivity contribution in [2.75, 3.05) is 0 Å². The first-order valence-corrected chi connectivity index (χ1v) is 15.8. The van der Waals surface area contributed by atoms with Crippen LogP contribution in [0.25, 0.3) is 98.7 Å². The van der Waals surface area contributed by atoms with Gasteiger partial charge in [0.25, 0.3) is 0 Å². The van der Waals surface area contributed by atoms with Gasteiger partial charge in [-0.15, -0.1) is 0 Å². The number of hydrogen-bond donors (Lipinski definition) is 0. The third-order valence-corrected chi connectivity index (χ3v) is 9.66. The molecule has 2 aromatic heterocycles. The molecule has 0 N–H and O–H groups in total. The van der Waals surface area contributed by atoms with Crippen LogP contribution >= 0.6 is 0 Å². The molecule has 0 radical (unpaired) electrons. The molecule has 220 valence electrons. The summed E-state index contributed by atoms with van der Waals surface area (Å²) in [6.45, 7) is 0. The van der Waals surface area contributed by atoms with Crippen molar-refractivity contribution in [2.24, 2.45) is 7.05 Å². The van der Waals surface area contributed by atoms with Crippen LogP contribution in [0.15, 0.2) is 162 Å². The Bertz CT molecular complexity index is 3130. The molecule has 2 heterocycles. The Hall–Kier alpha value is -6.12. The first kappa shape index (κ1) is 21.6. The monoisotopic (exact) mass is 604 g/mol. The maximum absolute atomic E-state index is 8.93. The molecule has 0 saturated carbocycles. The molecule has 10 aromatic rings. The average Bonchev–Trinajstić information content (AvgIpc) is 3.71. The Morgan fingerprint density at radius 1 is 0.532 bits per heavy atom. The minimum absolute atomic E-state index is 0.189. The minimum atomic E-state index is -0.406. The van der Waals surface area contributed by atoms with Crippen molar-refractivity contribution in [3.05, 3.63) is 158 Å². The minimum Gasteiger partial charge on any atom is -0.455 e. The summed E-state index contributed by atoms with van der Waals surface area (Å²) in [6, 6.07) is 42.1. The van der Waals surface area contributed by atoms with Gasteiger partial charge in [-0.1, -0.05) is 139 Å². The third kappa shape index (κ3) is 3.73. The molecule has 0 amide bonds. The van der Waals surface area contributed by atoms with E-state index in [-0.39, 0.29) is 29.7 Å². The number of hydrogen-bond acceptors (Lipinski definition) is 1. The summed E-state index contributed by atoms with van der Waals surface area (Å²) in [7, 11) is 2.04. The second-order valence-electron chi connectivity index (χ2n) is 12.1. The lowest BCUT2D eigenvalue weighted by Gasteiger charge is -2.17. The van der Waals surface area contributed by atoms with Crippen LogP contribution < -0.4 is 0 Å². The molecule has 8 aromatic carbocycles. The summed E-state index contributed by atoms with van der Waals surface area (Å²) >= 11 is 0. The van der Waals surface area contributed by atoms with Crippen molar-refractivity contribution < 1.29 is 11.3 Å². The number of nitrogens with zero attached hydrogens (tertiary/aromatic N) is 1. The van der Waals surface area contributed by atoms with E-state index in [1.54, 1.807) is 0 Å². The van der Waals surface area contributed by atoms with Crippen LogP contribution in [0, 0.1) is 0 Å². The van der Waals surface area contributed by atoms with Gasteiger partial charge in [-0.25, -0.2) is 0 Å². The highest BCUT2D eigenvalue weighted by Crippen LogP contribution is 2.50. The van der Waals surface area contributed by atoms with Gasteiger partial charge in [-0.3, -0.25) is 0 Å². The van der Waals surface area contributed by atoms with Crippen LogP contribution in [-0.2, 0) is 7.05 Å². The fraction of sp³-hybridized carbons (Fsp3) is 0.0222. The van der Waals surface area contributed by atoms with Gasteiger partial charge in [0.05, 0.1) is 12.4 Å². The Morgan fingerprint density at radius 3 is 2.02 bits per heavy atom. The molecule has 0 fully saturated rings. The van der Waals surface area contributed by atoms with E-state index < -0.39 is 6.04 Å². The maximum Gasteiger partial charge on any atom is 0.144 e. The lowest BCUT2D eigenvalue weighted by molar-refractivity contribution is 0.670. The zero-order chi connectivity index (χ0) is 35.4. The summed E-state index contributed by atoms with van der Waals surface area (Å²) < 4.78 is 52.1. The van der Waals surface area contributed by atoms with E-state index in [2.05, 4.69) is 89.5 Å². The Labute approximate surface area is 278 Å². The molecule has 0 spiro atoms.